The van der Waals surface area contributed by atoms with Crippen LogP contribution in [0, 0.1) is 0 Å². The van der Waals surface area contributed by atoms with E-state index in [4.69, 9.17) is 9.47 Å². The molecular weight excluding hydrogens is 370 g/mol. The predicted octanol–water partition coefficient (Wildman–Crippen LogP) is 5.04. The van der Waals surface area contributed by atoms with Crippen LogP contribution in [0.3, 0.4) is 0 Å². The van der Waals surface area contributed by atoms with Gasteiger partial charge >= 0.3 is 0 Å². The molecule has 0 saturated heterocycles. The number of hydrogen-bond donors (Lipinski definition) is 1. The van der Waals surface area contributed by atoms with Gasteiger partial charge in [-0.3, -0.25) is 4.90 Å². The van der Waals surface area contributed by atoms with Gasteiger partial charge in [0.15, 0.2) is 11.5 Å². The highest BCUT2D eigenvalue weighted by atomic mass is 32.1. The second-order valence-corrected chi connectivity index (χ2v) is 7.67. The third-order valence-corrected chi connectivity index (χ3v) is 5.71. The van der Waals surface area contributed by atoms with Crippen LogP contribution in [0.15, 0.2) is 60.0 Å². The van der Waals surface area contributed by atoms with Crippen molar-refractivity contribution in [3.8, 4) is 27.7 Å². The molecule has 0 amide bonds. The lowest BCUT2D eigenvalue weighted by atomic mass is 10.1. The van der Waals surface area contributed by atoms with Gasteiger partial charge in [-0.15, -0.1) is 11.3 Å². The van der Waals surface area contributed by atoms with E-state index in [1.807, 2.05) is 35.7 Å². The highest BCUT2D eigenvalue weighted by molar-refractivity contribution is 7.13. The molecule has 5 heteroatoms. The molecule has 2 aromatic carbocycles. The smallest absolute Gasteiger partial charge is 0.165 e. The summed E-state index contributed by atoms with van der Waals surface area (Å²) in [4.78, 5) is 3.47. The molecule has 3 aromatic rings. The zero-order valence-electron chi connectivity index (χ0n) is 15.8. The van der Waals surface area contributed by atoms with Gasteiger partial charge in [0.1, 0.15) is 12.4 Å². The Bertz CT molecular complexity index is 949. The van der Waals surface area contributed by atoms with E-state index in [-0.39, 0.29) is 5.75 Å². The number of ether oxygens (including phenoxy) is 2. The second kappa shape index (κ2) is 8.50. The van der Waals surface area contributed by atoms with Gasteiger partial charge in [0.05, 0.1) is 7.11 Å². The number of thiophene rings is 1. The van der Waals surface area contributed by atoms with Gasteiger partial charge in [-0.25, -0.2) is 0 Å². The van der Waals surface area contributed by atoms with E-state index in [0.717, 1.165) is 47.0 Å². The summed E-state index contributed by atoms with van der Waals surface area (Å²) in [5.41, 5.74) is 3.20. The van der Waals surface area contributed by atoms with Gasteiger partial charge < -0.3 is 14.6 Å². The first-order valence-corrected chi connectivity index (χ1v) is 10.2. The van der Waals surface area contributed by atoms with Gasteiger partial charge in [-0.1, -0.05) is 30.4 Å². The fraction of sp³-hybridized carbons (Fsp3) is 0.217. The highest BCUT2D eigenvalue weighted by Gasteiger charge is 2.19. The minimum atomic E-state index is 0.219. The third kappa shape index (κ3) is 4.21. The lowest BCUT2D eigenvalue weighted by Gasteiger charge is -2.17. The molecule has 1 N–H and O–H groups in total. The van der Waals surface area contributed by atoms with Crippen molar-refractivity contribution in [2.75, 3.05) is 26.8 Å². The second-order valence-electron chi connectivity index (χ2n) is 6.72. The topological polar surface area (TPSA) is 41.9 Å². The summed E-state index contributed by atoms with van der Waals surface area (Å²) in [6, 6.07) is 16.0. The standard InChI is InChI=1S/C23H23NO3S/c1-26-20-8-6-17(7-9-20)4-2-10-24-11-12-27-23-19(16-24)14-18(15-21(23)25)22-5-3-13-28-22/h2-9,13-15,25H,10-12,16H2,1H3/b4-2+. The molecule has 1 aliphatic rings. The first-order valence-electron chi connectivity index (χ1n) is 9.28. The molecule has 0 atom stereocenters. The molecule has 4 rings (SSSR count). The largest absolute Gasteiger partial charge is 0.504 e. The average molecular weight is 394 g/mol. The van der Waals surface area contributed by atoms with E-state index in [9.17, 15) is 5.11 Å². The molecular formula is C23H23NO3S. The Morgan fingerprint density at radius 1 is 1.21 bits per heavy atom. The summed E-state index contributed by atoms with van der Waals surface area (Å²) in [7, 11) is 1.67. The van der Waals surface area contributed by atoms with E-state index >= 15 is 0 Å². The quantitative estimate of drug-likeness (QED) is 0.660. The van der Waals surface area contributed by atoms with Crippen LogP contribution in [-0.2, 0) is 6.54 Å². The fourth-order valence-electron chi connectivity index (χ4n) is 3.35. The van der Waals surface area contributed by atoms with Gasteiger partial charge in [0.2, 0.25) is 0 Å². The van der Waals surface area contributed by atoms with Gasteiger partial charge in [-0.05, 0) is 46.8 Å². The summed E-state index contributed by atoms with van der Waals surface area (Å²) >= 11 is 1.67. The minimum Gasteiger partial charge on any atom is -0.504 e. The number of methoxy groups -OCH3 is 1. The van der Waals surface area contributed by atoms with E-state index in [1.54, 1.807) is 24.5 Å². The molecule has 1 aromatic heterocycles. The molecule has 1 aliphatic heterocycles. The number of hydrogen-bond acceptors (Lipinski definition) is 5. The Balaban J connectivity index is 1.48. The van der Waals surface area contributed by atoms with E-state index in [2.05, 4.69) is 29.2 Å². The minimum absolute atomic E-state index is 0.219. The van der Waals surface area contributed by atoms with Crippen molar-refractivity contribution in [2.45, 2.75) is 6.54 Å². The normalized spacial score (nSPS) is 14.5. The van der Waals surface area contributed by atoms with Crippen molar-refractivity contribution in [3.63, 3.8) is 0 Å². The van der Waals surface area contributed by atoms with E-state index < -0.39 is 0 Å². The number of phenols is 1. The molecule has 0 saturated carbocycles. The maximum atomic E-state index is 10.5. The maximum absolute atomic E-state index is 10.5. The van der Waals surface area contributed by atoms with Crippen molar-refractivity contribution in [1.82, 2.24) is 4.90 Å². The average Bonchev–Trinajstić information content (AvgIpc) is 3.17. The van der Waals surface area contributed by atoms with E-state index in [1.165, 1.54) is 0 Å². The molecule has 28 heavy (non-hydrogen) atoms. The van der Waals surface area contributed by atoms with Crippen molar-refractivity contribution in [1.29, 1.82) is 0 Å². The number of fused-ring (bicyclic) bond motifs is 1. The molecule has 0 spiro atoms. The van der Waals surface area contributed by atoms with Crippen LogP contribution >= 0.6 is 11.3 Å². The Morgan fingerprint density at radius 3 is 2.82 bits per heavy atom. The van der Waals surface area contributed by atoms with Crippen LogP contribution < -0.4 is 9.47 Å². The molecule has 0 fully saturated rings. The molecule has 2 heterocycles. The van der Waals surface area contributed by atoms with E-state index in [0.29, 0.717) is 12.4 Å². The number of phenolic OH excluding ortho intramolecular Hbond substituents is 1. The van der Waals surface area contributed by atoms with Crippen molar-refractivity contribution < 1.29 is 14.6 Å². The van der Waals surface area contributed by atoms with Crippen LogP contribution in [0.5, 0.6) is 17.2 Å². The summed E-state index contributed by atoms with van der Waals surface area (Å²) < 4.78 is 11.0. The van der Waals surface area contributed by atoms with Crippen molar-refractivity contribution >= 4 is 17.4 Å². The van der Waals surface area contributed by atoms with Gasteiger partial charge in [0, 0.05) is 30.1 Å². The summed E-state index contributed by atoms with van der Waals surface area (Å²) in [5.74, 6) is 1.69. The third-order valence-electron chi connectivity index (χ3n) is 4.79. The Morgan fingerprint density at radius 2 is 2.07 bits per heavy atom. The molecule has 0 radical (unpaired) electrons. The number of benzene rings is 2. The molecule has 144 valence electrons. The summed E-state index contributed by atoms with van der Waals surface area (Å²) in [6.07, 6.45) is 4.28. The van der Waals surface area contributed by atoms with Crippen LogP contribution in [-0.4, -0.2) is 36.8 Å². The van der Waals surface area contributed by atoms with Crippen LogP contribution in [0.2, 0.25) is 0 Å². The molecule has 0 unspecified atom stereocenters. The van der Waals surface area contributed by atoms with Gasteiger partial charge in [-0.2, -0.15) is 0 Å². The highest BCUT2D eigenvalue weighted by Crippen LogP contribution is 2.38. The Kier molecular flexibility index (Phi) is 5.65. The first-order chi connectivity index (χ1) is 13.7. The monoisotopic (exact) mass is 393 g/mol. The Labute approximate surface area is 169 Å². The van der Waals surface area contributed by atoms with Crippen LogP contribution in [0.25, 0.3) is 16.5 Å². The number of rotatable bonds is 5. The molecule has 4 nitrogen and oxygen atoms in total. The predicted molar refractivity (Wildman–Crippen MR) is 114 cm³/mol. The molecule has 0 aliphatic carbocycles. The number of nitrogens with zero attached hydrogens (tertiary/aromatic N) is 1. The zero-order chi connectivity index (χ0) is 19.3. The lowest BCUT2D eigenvalue weighted by molar-refractivity contribution is 0.239. The first kappa shape index (κ1) is 18.6. The van der Waals surface area contributed by atoms with Gasteiger partial charge in [0.25, 0.3) is 0 Å². The van der Waals surface area contributed by atoms with Crippen LogP contribution in [0.1, 0.15) is 11.1 Å². The van der Waals surface area contributed by atoms with Crippen molar-refractivity contribution in [3.05, 3.63) is 71.1 Å². The SMILES string of the molecule is COc1ccc(/C=C/CN2CCOc3c(O)cc(-c4cccs4)cc3C2)cc1. The molecule has 0 bridgehead atoms. The van der Waals surface area contributed by atoms with Crippen molar-refractivity contribution in [2.24, 2.45) is 0 Å². The Hall–Kier alpha value is -2.76. The number of aromatic hydroxyl groups is 1. The fourth-order valence-corrected chi connectivity index (χ4v) is 4.06. The van der Waals surface area contributed by atoms with Crippen LogP contribution in [0.4, 0.5) is 0 Å². The summed E-state index contributed by atoms with van der Waals surface area (Å²) in [5, 5.41) is 12.5. The lowest BCUT2D eigenvalue weighted by Crippen LogP contribution is -2.25. The zero-order valence-corrected chi connectivity index (χ0v) is 16.6. The maximum Gasteiger partial charge on any atom is 0.165 e. The summed E-state index contributed by atoms with van der Waals surface area (Å²) in [6.45, 7) is 2.94.